The van der Waals surface area contributed by atoms with Gasteiger partial charge in [-0.1, -0.05) is 10.6 Å². The van der Waals surface area contributed by atoms with Crippen molar-refractivity contribution in [3.8, 4) is 5.75 Å². The summed E-state index contributed by atoms with van der Waals surface area (Å²) in [4.78, 5) is 6.37. The second-order valence-electron chi connectivity index (χ2n) is 8.43. The Balaban J connectivity index is 1.19. The Labute approximate surface area is 195 Å². The zero-order valence-corrected chi connectivity index (χ0v) is 19.1. The Hall–Kier alpha value is -2.72. The van der Waals surface area contributed by atoms with Crippen LogP contribution in [0.4, 0.5) is 4.39 Å². The van der Waals surface area contributed by atoms with Crippen LogP contribution in [0.15, 0.2) is 48.7 Å². The van der Waals surface area contributed by atoms with Gasteiger partial charge in [0.25, 0.3) is 0 Å². The molecule has 1 aliphatic rings. The number of hydrogen-bond acceptors (Lipinski definition) is 8. The van der Waals surface area contributed by atoms with Gasteiger partial charge in [0.05, 0.1) is 23.4 Å². The predicted octanol–water partition coefficient (Wildman–Crippen LogP) is 3.48. The molecule has 1 saturated heterocycles. The molecule has 0 unspecified atom stereocenters. The number of hydrogen-bond donors (Lipinski definition) is 2. The SMILES string of the molecule is COc1ccc2nccc([C@@H](O)CN3CC[C@H](NCc4ccc5snnc5c4)[C@H](F)C3)c2c1. The van der Waals surface area contributed by atoms with Crippen molar-refractivity contribution in [2.45, 2.75) is 31.3 Å². The molecule has 0 aliphatic carbocycles. The van der Waals surface area contributed by atoms with Gasteiger partial charge >= 0.3 is 0 Å². The van der Waals surface area contributed by atoms with Gasteiger partial charge in [-0.25, -0.2) is 4.39 Å². The van der Waals surface area contributed by atoms with Gasteiger partial charge in [0, 0.05) is 37.3 Å². The van der Waals surface area contributed by atoms with Crippen molar-refractivity contribution in [2.75, 3.05) is 26.7 Å². The molecule has 33 heavy (non-hydrogen) atoms. The fourth-order valence-electron chi connectivity index (χ4n) is 4.46. The highest BCUT2D eigenvalue weighted by Crippen LogP contribution is 2.28. The number of methoxy groups -OCH3 is 1. The highest BCUT2D eigenvalue weighted by atomic mass is 32.1. The number of benzene rings is 2. The first kappa shape index (κ1) is 22.1. The summed E-state index contributed by atoms with van der Waals surface area (Å²) in [5, 5.41) is 19.3. The van der Waals surface area contributed by atoms with Crippen molar-refractivity contribution < 1.29 is 14.2 Å². The Kier molecular flexibility index (Phi) is 6.45. The van der Waals surface area contributed by atoms with E-state index in [0.717, 1.165) is 38.8 Å². The van der Waals surface area contributed by atoms with Crippen LogP contribution in [-0.2, 0) is 6.54 Å². The molecule has 7 nitrogen and oxygen atoms in total. The summed E-state index contributed by atoms with van der Waals surface area (Å²) in [6.45, 7) is 1.97. The molecule has 5 rings (SSSR count). The van der Waals surface area contributed by atoms with Gasteiger partial charge < -0.3 is 15.2 Å². The number of aliphatic hydroxyl groups is 1. The molecular weight excluding hydrogens is 441 g/mol. The second-order valence-corrected chi connectivity index (χ2v) is 9.21. The van der Waals surface area contributed by atoms with Gasteiger partial charge in [-0.15, -0.1) is 5.10 Å². The van der Waals surface area contributed by atoms with E-state index in [-0.39, 0.29) is 12.6 Å². The van der Waals surface area contributed by atoms with Gasteiger partial charge in [0.1, 0.15) is 17.4 Å². The molecule has 1 aliphatic heterocycles. The van der Waals surface area contributed by atoms with Crippen LogP contribution in [0.3, 0.4) is 0 Å². The average molecular weight is 468 g/mol. The molecular formula is C24H26FN5O2S. The average Bonchev–Trinajstić information content (AvgIpc) is 3.30. The van der Waals surface area contributed by atoms with E-state index in [9.17, 15) is 9.50 Å². The lowest BCUT2D eigenvalue weighted by Crippen LogP contribution is -2.51. The molecule has 9 heteroatoms. The summed E-state index contributed by atoms with van der Waals surface area (Å²) in [6, 6.07) is 13.3. The van der Waals surface area contributed by atoms with Crippen LogP contribution < -0.4 is 10.1 Å². The number of alkyl halides is 1. The normalized spacial score (nSPS) is 20.3. The van der Waals surface area contributed by atoms with E-state index >= 15 is 0 Å². The number of nitrogens with zero attached hydrogens (tertiary/aromatic N) is 4. The number of ether oxygens (including phenoxy) is 1. The van der Waals surface area contributed by atoms with Crippen molar-refractivity contribution in [2.24, 2.45) is 0 Å². The Morgan fingerprint density at radius 2 is 2.15 bits per heavy atom. The summed E-state index contributed by atoms with van der Waals surface area (Å²) in [5.74, 6) is 0.713. The lowest BCUT2D eigenvalue weighted by atomic mass is 9.99. The van der Waals surface area contributed by atoms with Crippen molar-refractivity contribution in [1.29, 1.82) is 0 Å². The van der Waals surface area contributed by atoms with E-state index in [1.807, 2.05) is 47.4 Å². The molecule has 0 saturated carbocycles. The Bertz CT molecular complexity index is 1250. The molecule has 3 heterocycles. The lowest BCUT2D eigenvalue weighted by molar-refractivity contribution is 0.0571. The molecule has 2 aromatic heterocycles. The van der Waals surface area contributed by atoms with Gasteiger partial charge in [0.2, 0.25) is 0 Å². The fraction of sp³-hybridized carbons (Fsp3) is 0.375. The van der Waals surface area contributed by atoms with E-state index in [2.05, 4.69) is 19.9 Å². The standard InChI is InChI=1S/C24H26FN5O2S/c1-32-16-3-4-20-18(11-16)17(6-8-26-20)23(31)14-30-9-7-21(19(25)13-30)27-12-15-2-5-24-22(10-15)28-29-33-24/h2-6,8,10-11,19,21,23,27,31H,7,9,12-14H2,1H3/t19-,21+,23+/m1/s1. The lowest BCUT2D eigenvalue weighted by Gasteiger charge is -2.36. The minimum atomic E-state index is -1.01. The molecule has 0 spiro atoms. The topological polar surface area (TPSA) is 83.4 Å². The number of fused-ring (bicyclic) bond motifs is 2. The largest absolute Gasteiger partial charge is 0.497 e. The maximum absolute atomic E-state index is 15.0. The number of pyridine rings is 1. The first-order valence-corrected chi connectivity index (χ1v) is 11.8. The van der Waals surface area contributed by atoms with Crippen LogP contribution in [0.2, 0.25) is 0 Å². The number of piperidine rings is 1. The number of β-amino-alcohol motifs (C(OH)–C–C–N with tert-alkyl or cyclic N) is 1. The highest BCUT2D eigenvalue weighted by Gasteiger charge is 2.30. The van der Waals surface area contributed by atoms with Gasteiger partial charge in [-0.05, 0) is 72.0 Å². The number of aromatic nitrogens is 3. The molecule has 1 fully saturated rings. The third-order valence-corrected chi connectivity index (χ3v) is 6.98. The number of rotatable bonds is 7. The van der Waals surface area contributed by atoms with E-state index in [1.165, 1.54) is 11.5 Å². The minimum Gasteiger partial charge on any atom is -0.497 e. The zero-order chi connectivity index (χ0) is 22.8. The molecule has 2 aromatic carbocycles. The monoisotopic (exact) mass is 467 g/mol. The second kappa shape index (κ2) is 9.64. The molecule has 0 amide bonds. The van der Waals surface area contributed by atoms with Gasteiger partial charge in [-0.2, -0.15) is 0 Å². The van der Waals surface area contributed by atoms with Crippen LogP contribution in [0.25, 0.3) is 21.1 Å². The molecule has 2 N–H and O–H groups in total. The molecule has 4 aromatic rings. The first-order valence-electron chi connectivity index (χ1n) is 11.0. The van der Waals surface area contributed by atoms with Crippen LogP contribution in [0.5, 0.6) is 5.75 Å². The first-order chi connectivity index (χ1) is 16.1. The number of halogens is 1. The van der Waals surface area contributed by atoms with Gasteiger partial charge in [-0.3, -0.25) is 9.88 Å². The number of likely N-dealkylation sites (tertiary alicyclic amines) is 1. The minimum absolute atomic E-state index is 0.214. The fourth-order valence-corrected chi connectivity index (χ4v) is 5.00. The third-order valence-electron chi connectivity index (χ3n) is 6.28. The van der Waals surface area contributed by atoms with Crippen LogP contribution in [0, 0.1) is 0 Å². The third kappa shape index (κ3) is 4.81. The van der Waals surface area contributed by atoms with Crippen LogP contribution in [0.1, 0.15) is 23.7 Å². The van der Waals surface area contributed by atoms with Gasteiger partial charge in [0.15, 0.2) is 0 Å². The maximum Gasteiger partial charge on any atom is 0.128 e. The van der Waals surface area contributed by atoms with Crippen molar-refractivity contribution in [3.05, 3.63) is 59.8 Å². The number of aliphatic hydroxyl groups excluding tert-OH is 1. The summed E-state index contributed by atoms with van der Waals surface area (Å²) in [6.07, 6.45) is 0.627. The summed E-state index contributed by atoms with van der Waals surface area (Å²) < 4.78 is 25.3. The summed E-state index contributed by atoms with van der Waals surface area (Å²) in [5.41, 5.74) is 3.52. The van der Waals surface area contributed by atoms with E-state index in [0.29, 0.717) is 25.3 Å². The molecule has 172 valence electrons. The summed E-state index contributed by atoms with van der Waals surface area (Å²) in [7, 11) is 1.61. The molecule has 0 radical (unpaired) electrons. The van der Waals surface area contributed by atoms with E-state index in [4.69, 9.17) is 4.74 Å². The van der Waals surface area contributed by atoms with Crippen molar-refractivity contribution >= 4 is 32.7 Å². The quantitative estimate of drug-likeness (QED) is 0.431. The molecule has 0 bridgehead atoms. The summed E-state index contributed by atoms with van der Waals surface area (Å²) >= 11 is 1.37. The van der Waals surface area contributed by atoms with Crippen molar-refractivity contribution in [3.63, 3.8) is 0 Å². The van der Waals surface area contributed by atoms with Crippen LogP contribution in [-0.4, -0.2) is 63.5 Å². The maximum atomic E-state index is 15.0. The Morgan fingerprint density at radius 1 is 1.24 bits per heavy atom. The van der Waals surface area contributed by atoms with E-state index in [1.54, 1.807) is 13.3 Å². The molecule has 3 atom stereocenters. The smallest absolute Gasteiger partial charge is 0.128 e. The predicted molar refractivity (Wildman–Crippen MR) is 127 cm³/mol. The van der Waals surface area contributed by atoms with E-state index < -0.39 is 12.3 Å². The number of nitrogens with one attached hydrogen (secondary N) is 1. The van der Waals surface area contributed by atoms with Crippen LogP contribution >= 0.6 is 11.5 Å². The van der Waals surface area contributed by atoms with Crippen molar-refractivity contribution in [1.82, 2.24) is 24.8 Å². The Morgan fingerprint density at radius 3 is 3.00 bits per heavy atom. The highest BCUT2D eigenvalue weighted by molar-refractivity contribution is 7.12. The zero-order valence-electron chi connectivity index (χ0n) is 18.3.